The number of rotatable bonds is 2. The summed E-state index contributed by atoms with van der Waals surface area (Å²) in [4.78, 5) is 4.48. The van der Waals surface area contributed by atoms with Crippen LogP contribution in [0, 0.1) is 0 Å². The molecule has 0 aliphatic carbocycles. The molecule has 0 radical (unpaired) electrons. The third-order valence-corrected chi connectivity index (χ3v) is 3.96. The van der Waals surface area contributed by atoms with Crippen LogP contribution in [0.1, 0.15) is 12.5 Å². The molecule has 0 spiro atoms. The van der Waals surface area contributed by atoms with Crippen LogP contribution in [0.2, 0.25) is 10.2 Å². The number of benzene rings is 2. The number of pyridine rings is 1. The van der Waals surface area contributed by atoms with Crippen LogP contribution in [0.5, 0.6) is 0 Å². The Hall–Kier alpha value is -1.57. The molecule has 0 bridgehead atoms. The summed E-state index contributed by atoms with van der Waals surface area (Å²) >= 11 is 12.5. The van der Waals surface area contributed by atoms with Crippen LogP contribution < -0.4 is 0 Å². The normalized spacial score (nSPS) is 10.9. The van der Waals surface area contributed by atoms with Gasteiger partial charge in [0, 0.05) is 10.4 Å². The highest BCUT2D eigenvalue weighted by Gasteiger charge is 2.14. The summed E-state index contributed by atoms with van der Waals surface area (Å²) in [5.74, 6) is 0. The maximum atomic E-state index is 6.35. The Labute approximate surface area is 128 Å². The fourth-order valence-electron chi connectivity index (χ4n) is 2.50. The van der Waals surface area contributed by atoms with Crippen LogP contribution in [-0.2, 0) is 6.42 Å². The van der Waals surface area contributed by atoms with Gasteiger partial charge in [-0.25, -0.2) is 4.98 Å². The Morgan fingerprint density at radius 2 is 1.75 bits per heavy atom. The monoisotopic (exact) mass is 301 g/mol. The number of nitrogens with zero attached hydrogens (tertiary/aromatic N) is 1. The fraction of sp³-hybridized carbons (Fsp3) is 0.118. The van der Waals surface area contributed by atoms with E-state index >= 15 is 0 Å². The Bertz CT molecular complexity index is 767. The molecule has 3 heteroatoms. The summed E-state index contributed by atoms with van der Waals surface area (Å²) in [5, 5.41) is 2.33. The number of halogens is 2. The van der Waals surface area contributed by atoms with Crippen molar-refractivity contribution in [1.29, 1.82) is 0 Å². The van der Waals surface area contributed by atoms with Crippen LogP contribution >= 0.6 is 23.2 Å². The van der Waals surface area contributed by atoms with E-state index in [2.05, 4.69) is 24.0 Å². The maximum Gasteiger partial charge on any atom is 0.133 e. The van der Waals surface area contributed by atoms with Gasteiger partial charge in [0.05, 0.1) is 5.52 Å². The molecule has 3 aromatic rings. The highest BCUT2D eigenvalue weighted by molar-refractivity contribution is 6.32. The van der Waals surface area contributed by atoms with Crippen molar-refractivity contribution in [3.63, 3.8) is 0 Å². The molecule has 0 N–H and O–H groups in total. The lowest BCUT2D eigenvalue weighted by molar-refractivity contribution is 1.12. The van der Waals surface area contributed by atoms with E-state index in [0.29, 0.717) is 10.2 Å². The quantitative estimate of drug-likeness (QED) is 0.547. The molecule has 0 aliphatic heterocycles. The van der Waals surface area contributed by atoms with Gasteiger partial charge in [-0.2, -0.15) is 0 Å². The van der Waals surface area contributed by atoms with E-state index in [4.69, 9.17) is 23.2 Å². The van der Waals surface area contributed by atoms with Crippen molar-refractivity contribution < 1.29 is 0 Å². The van der Waals surface area contributed by atoms with Crippen LogP contribution in [0.4, 0.5) is 0 Å². The molecule has 1 heterocycles. The molecule has 0 saturated carbocycles. The third kappa shape index (κ3) is 2.28. The number of hydrogen-bond acceptors (Lipinski definition) is 1. The molecule has 0 amide bonds. The van der Waals surface area contributed by atoms with E-state index in [1.54, 1.807) is 0 Å². The van der Waals surface area contributed by atoms with E-state index < -0.39 is 0 Å². The minimum Gasteiger partial charge on any atom is -0.236 e. The third-order valence-electron chi connectivity index (χ3n) is 3.41. The zero-order chi connectivity index (χ0) is 14.1. The molecule has 100 valence electrons. The van der Waals surface area contributed by atoms with Crippen LogP contribution in [-0.4, -0.2) is 4.98 Å². The van der Waals surface area contributed by atoms with Gasteiger partial charge in [0.1, 0.15) is 5.15 Å². The lowest BCUT2D eigenvalue weighted by Gasteiger charge is -2.14. The fourth-order valence-corrected chi connectivity index (χ4v) is 2.99. The highest BCUT2D eigenvalue weighted by atomic mass is 35.5. The van der Waals surface area contributed by atoms with Gasteiger partial charge in [-0.3, -0.25) is 0 Å². The number of hydrogen-bond donors (Lipinski definition) is 0. The SMILES string of the molecule is CCc1c(Cl)nc2ccc(Cl)cc2c1-c1ccccc1. The first-order valence-electron chi connectivity index (χ1n) is 6.53. The van der Waals surface area contributed by atoms with E-state index in [0.717, 1.165) is 34.0 Å². The Morgan fingerprint density at radius 1 is 1.00 bits per heavy atom. The predicted molar refractivity (Wildman–Crippen MR) is 86.6 cm³/mol. The van der Waals surface area contributed by atoms with Crippen molar-refractivity contribution in [3.05, 3.63) is 64.3 Å². The van der Waals surface area contributed by atoms with Crippen molar-refractivity contribution >= 4 is 34.1 Å². The smallest absolute Gasteiger partial charge is 0.133 e. The average Bonchev–Trinajstić information content (AvgIpc) is 2.47. The van der Waals surface area contributed by atoms with Crippen molar-refractivity contribution in [2.45, 2.75) is 13.3 Å². The van der Waals surface area contributed by atoms with Gasteiger partial charge in [0.2, 0.25) is 0 Å². The number of aromatic nitrogens is 1. The minimum atomic E-state index is 0.571. The largest absolute Gasteiger partial charge is 0.236 e. The van der Waals surface area contributed by atoms with Crippen molar-refractivity contribution in [2.24, 2.45) is 0 Å². The standard InChI is InChI=1S/C17H13Cl2N/c1-2-13-16(11-6-4-3-5-7-11)14-10-12(18)8-9-15(14)20-17(13)19/h3-10H,2H2,1H3. The maximum absolute atomic E-state index is 6.35. The zero-order valence-electron chi connectivity index (χ0n) is 11.0. The Morgan fingerprint density at radius 3 is 2.45 bits per heavy atom. The molecule has 0 saturated heterocycles. The van der Waals surface area contributed by atoms with E-state index in [1.807, 2.05) is 36.4 Å². The summed E-state index contributed by atoms with van der Waals surface area (Å²) in [5.41, 5.74) is 4.20. The number of fused-ring (bicyclic) bond motifs is 1. The van der Waals surface area contributed by atoms with Gasteiger partial charge < -0.3 is 0 Å². The molecule has 3 rings (SSSR count). The molecule has 0 fully saturated rings. The molecule has 1 aromatic heterocycles. The molecule has 0 unspecified atom stereocenters. The molecular weight excluding hydrogens is 289 g/mol. The first kappa shape index (κ1) is 13.4. The van der Waals surface area contributed by atoms with E-state index in [9.17, 15) is 0 Å². The molecule has 0 aliphatic rings. The topological polar surface area (TPSA) is 12.9 Å². The second-order valence-corrected chi connectivity index (χ2v) is 5.43. The van der Waals surface area contributed by atoms with Crippen molar-refractivity contribution in [1.82, 2.24) is 4.98 Å². The van der Waals surface area contributed by atoms with Crippen LogP contribution in [0.25, 0.3) is 22.0 Å². The Balaban J connectivity index is 2.45. The van der Waals surface area contributed by atoms with Gasteiger partial charge in [0.25, 0.3) is 0 Å². The van der Waals surface area contributed by atoms with Gasteiger partial charge >= 0.3 is 0 Å². The minimum absolute atomic E-state index is 0.571. The molecule has 2 aromatic carbocycles. The summed E-state index contributed by atoms with van der Waals surface area (Å²) in [6.07, 6.45) is 0.832. The average molecular weight is 302 g/mol. The van der Waals surface area contributed by atoms with E-state index in [1.165, 1.54) is 0 Å². The summed E-state index contributed by atoms with van der Waals surface area (Å²) in [7, 11) is 0. The zero-order valence-corrected chi connectivity index (χ0v) is 12.5. The summed E-state index contributed by atoms with van der Waals surface area (Å²) in [6.45, 7) is 2.09. The van der Waals surface area contributed by atoms with Crippen molar-refractivity contribution in [2.75, 3.05) is 0 Å². The molecular formula is C17H13Cl2N. The van der Waals surface area contributed by atoms with Gasteiger partial charge in [-0.15, -0.1) is 0 Å². The summed E-state index contributed by atoms with van der Waals surface area (Å²) in [6, 6.07) is 16.0. The van der Waals surface area contributed by atoms with Crippen LogP contribution in [0.15, 0.2) is 48.5 Å². The van der Waals surface area contributed by atoms with E-state index in [-0.39, 0.29) is 0 Å². The first-order chi connectivity index (χ1) is 9.70. The second kappa shape index (κ2) is 5.43. The first-order valence-corrected chi connectivity index (χ1v) is 7.29. The molecule has 0 atom stereocenters. The van der Waals surface area contributed by atoms with Gasteiger partial charge in [0.15, 0.2) is 0 Å². The molecule has 1 nitrogen and oxygen atoms in total. The Kier molecular flexibility index (Phi) is 3.64. The highest BCUT2D eigenvalue weighted by Crippen LogP contribution is 2.36. The lowest BCUT2D eigenvalue weighted by atomic mass is 9.95. The van der Waals surface area contributed by atoms with Gasteiger partial charge in [-0.1, -0.05) is 60.5 Å². The lowest BCUT2D eigenvalue weighted by Crippen LogP contribution is -1.95. The van der Waals surface area contributed by atoms with Crippen molar-refractivity contribution in [3.8, 4) is 11.1 Å². The van der Waals surface area contributed by atoms with Crippen LogP contribution in [0.3, 0.4) is 0 Å². The predicted octanol–water partition coefficient (Wildman–Crippen LogP) is 5.77. The molecule has 20 heavy (non-hydrogen) atoms. The summed E-state index contributed by atoms with van der Waals surface area (Å²) < 4.78 is 0. The van der Waals surface area contributed by atoms with Gasteiger partial charge in [-0.05, 0) is 41.3 Å². The second-order valence-electron chi connectivity index (χ2n) is 4.64.